The minimum Gasteiger partial charge on any atom is -0.467 e. The van der Waals surface area contributed by atoms with Crippen LogP contribution in [0.3, 0.4) is 0 Å². The van der Waals surface area contributed by atoms with Crippen LogP contribution in [-0.2, 0) is 19.6 Å². The van der Waals surface area contributed by atoms with E-state index in [0.29, 0.717) is 37.6 Å². The van der Waals surface area contributed by atoms with E-state index in [2.05, 4.69) is 10.3 Å². The number of furan rings is 1. The number of nitrogens with one attached hydrogen (secondary N) is 1. The second-order valence-corrected chi connectivity index (χ2v) is 8.67. The van der Waals surface area contributed by atoms with Crippen LogP contribution in [0.2, 0.25) is 0 Å². The molecule has 1 N–H and O–H groups in total. The largest absolute Gasteiger partial charge is 0.467 e. The van der Waals surface area contributed by atoms with Crippen molar-refractivity contribution in [2.45, 2.75) is 33.0 Å². The van der Waals surface area contributed by atoms with Crippen molar-refractivity contribution in [2.75, 3.05) is 6.54 Å². The number of hydrogen-bond donors (Lipinski definition) is 1. The molecule has 0 bridgehead atoms. The summed E-state index contributed by atoms with van der Waals surface area (Å²) in [6.07, 6.45) is 4.22. The van der Waals surface area contributed by atoms with Gasteiger partial charge in [-0.3, -0.25) is 9.59 Å². The molecule has 34 heavy (non-hydrogen) atoms. The first-order chi connectivity index (χ1) is 16.5. The van der Waals surface area contributed by atoms with Gasteiger partial charge < -0.3 is 19.2 Å². The summed E-state index contributed by atoms with van der Waals surface area (Å²) in [5.74, 6) is -0.458. The molecule has 0 aliphatic carbocycles. The number of halogens is 1. The standard InChI is InChI=1S/C25H25FN4O3S/c1-2-11-30(25(32)20-9-3-4-10-21(20)26)15-18-7-5-12-29(18)16-23-28-22(17-34-23)24(31)27-14-19-8-6-13-33-19/h3-10,12-13,17H,2,11,14-16H2,1H3,(H,27,31). The van der Waals surface area contributed by atoms with Gasteiger partial charge in [0.2, 0.25) is 0 Å². The smallest absolute Gasteiger partial charge is 0.271 e. The van der Waals surface area contributed by atoms with Gasteiger partial charge in [0.25, 0.3) is 11.8 Å². The van der Waals surface area contributed by atoms with Crippen molar-refractivity contribution in [3.63, 3.8) is 0 Å². The topological polar surface area (TPSA) is 80.4 Å². The van der Waals surface area contributed by atoms with Crippen molar-refractivity contribution in [3.05, 3.63) is 99.9 Å². The maximum Gasteiger partial charge on any atom is 0.271 e. The van der Waals surface area contributed by atoms with E-state index < -0.39 is 5.82 Å². The first kappa shape index (κ1) is 23.4. The average Bonchev–Trinajstić information content (AvgIpc) is 3.61. The number of thiazole rings is 1. The molecule has 0 saturated heterocycles. The molecule has 7 nitrogen and oxygen atoms in total. The van der Waals surface area contributed by atoms with E-state index in [-0.39, 0.29) is 17.4 Å². The number of amides is 2. The first-order valence-electron chi connectivity index (χ1n) is 11.0. The van der Waals surface area contributed by atoms with Crippen molar-refractivity contribution in [2.24, 2.45) is 0 Å². The van der Waals surface area contributed by atoms with Crippen LogP contribution in [0.1, 0.15) is 50.7 Å². The van der Waals surface area contributed by atoms with Crippen LogP contribution < -0.4 is 5.32 Å². The predicted molar refractivity (Wildman–Crippen MR) is 127 cm³/mol. The highest BCUT2D eigenvalue weighted by molar-refractivity contribution is 7.09. The molecule has 0 spiro atoms. The number of carbonyl (C=O) groups excluding carboxylic acids is 2. The molecular formula is C25H25FN4O3S. The SMILES string of the molecule is CCCN(Cc1cccn1Cc1nc(C(=O)NCc2ccco2)cs1)C(=O)c1ccccc1F. The summed E-state index contributed by atoms with van der Waals surface area (Å²) in [5.41, 5.74) is 1.32. The molecule has 0 radical (unpaired) electrons. The van der Waals surface area contributed by atoms with Crippen molar-refractivity contribution >= 4 is 23.2 Å². The number of carbonyl (C=O) groups is 2. The van der Waals surface area contributed by atoms with Crippen molar-refractivity contribution in [3.8, 4) is 0 Å². The molecule has 3 aromatic heterocycles. The van der Waals surface area contributed by atoms with E-state index in [0.717, 1.165) is 17.1 Å². The third-order valence-corrected chi connectivity index (χ3v) is 6.09. The van der Waals surface area contributed by atoms with Gasteiger partial charge in [-0.25, -0.2) is 9.37 Å². The maximum absolute atomic E-state index is 14.2. The highest BCUT2D eigenvalue weighted by Gasteiger charge is 2.20. The van der Waals surface area contributed by atoms with Gasteiger partial charge in [-0.1, -0.05) is 19.1 Å². The highest BCUT2D eigenvalue weighted by atomic mass is 32.1. The van der Waals surface area contributed by atoms with Crippen LogP contribution in [0.25, 0.3) is 0 Å². The van der Waals surface area contributed by atoms with Gasteiger partial charge in [0, 0.05) is 23.8 Å². The van der Waals surface area contributed by atoms with Crippen LogP contribution in [0, 0.1) is 5.82 Å². The molecule has 0 fully saturated rings. The minimum atomic E-state index is -0.523. The second-order valence-electron chi connectivity index (χ2n) is 7.72. The summed E-state index contributed by atoms with van der Waals surface area (Å²) >= 11 is 1.40. The summed E-state index contributed by atoms with van der Waals surface area (Å²) in [7, 11) is 0. The number of hydrogen-bond acceptors (Lipinski definition) is 5. The van der Waals surface area contributed by atoms with E-state index in [9.17, 15) is 14.0 Å². The fourth-order valence-electron chi connectivity index (χ4n) is 3.57. The molecule has 0 saturated carbocycles. The lowest BCUT2D eigenvalue weighted by molar-refractivity contribution is 0.0734. The van der Waals surface area contributed by atoms with E-state index >= 15 is 0 Å². The summed E-state index contributed by atoms with van der Waals surface area (Å²) in [6.45, 7) is 3.59. The summed E-state index contributed by atoms with van der Waals surface area (Å²) in [5, 5.41) is 5.28. The Hall–Kier alpha value is -3.72. The number of benzene rings is 1. The lowest BCUT2D eigenvalue weighted by Crippen LogP contribution is -2.32. The maximum atomic E-state index is 14.2. The Bertz CT molecular complexity index is 1250. The van der Waals surface area contributed by atoms with Crippen molar-refractivity contribution < 1.29 is 18.4 Å². The van der Waals surface area contributed by atoms with E-state index in [1.807, 2.05) is 29.8 Å². The van der Waals surface area contributed by atoms with Gasteiger partial charge in [0.1, 0.15) is 22.3 Å². The van der Waals surface area contributed by atoms with Crippen LogP contribution in [0.4, 0.5) is 4.39 Å². The molecule has 3 heterocycles. The Morgan fingerprint density at radius 2 is 2.03 bits per heavy atom. The summed E-state index contributed by atoms with van der Waals surface area (Å²) < 4.78 is 21.4. The Kier molecular flexibility index (Phi) is 7.54. The summed E-state index contributed by atoms with van der Waals surface area (Å²) in [6, 6.07) is 13.4. The van der Waals surface area contributed by atoms with Gasteiger partial charge in [0.05, 0.1) is 31.5 Å². The molecule has 4 aromatic rings. The third kappa shape index (κ3) is 5.60. The molecule has 0 aliphatic rings. The first-order valence-corrected chi connectivity index (χ1v) is 11.9. The Balaban J connectivity index is 1.42. The van der Waals surface area contributed by atoms with Crippen LogP contribution in [0.5, 0.6) is 0 Å². The molecule has 2 amide bonds. The van der Waals surface area contributed by atoms with E-state index in [1.165, 1.54) is 23.5 Å². The molecule has 0 aliphatic heterocycles. The Labute approximate surface area is 200 Å². The second kappa shape index (κ2) is 10.9. The molecule has 4 rings (SSSR count). The minimum absolute atomic E-state index is 0.0687. The molecule has 9 heteroatoms. The molecule has 0 unspecified atom stereocenters. The van der Waals surface area contributed by atoms with E-state index in [4.69, 9.17) is 4.42 Å². The van der Waals surface area contributed by atoms with Crippen molar-refractivity contribution in [1.82, 2.24) is 19.8 Å². The number of rotatable bonds is 10. The predicted octanol–water partition coefficient (Wildman–Crippen LogP) is 4.71. The van der Waals surface area contributed by atoms with E-state index in [1.54, 1.807) is 40.8 Å². The van der Waals surface area contributed by atoms with Gasteiger partial charge >= 0.3 is 0 Å². The fraction of sp³-hybridized carbons (Fsp3) is 0.240. The number of aromatic nitrogens is 2. The monoisotopic (exact) mass is 480 g/mol. The molecular weight excluding hydrogens is 455 g/mol. The quantitative estimate of drug-likeness (QED) is 0.357. The van der Waals surface area contributed by atoms with Gasteiger partial charge in [-0.05, 0) is 42.8 Å². The Morgan fingerprint density at radius 3 is 2.79 bits per heavy atom. The zero-order valence-electron chi connectivity index (χ0n) is 18.7. The van der Waals surface area contributed by atoms with Crippen LogP contribution >= 0.6 is 11.3 Å². The fourth-order valence-corrected chi connectivity index (χ4v) is 4.35. The summed E-state index contributed by atoms with van der Waals surface area (Å²) in [4.78, 5) is 31.5. The third-order valence-electron chi connectivity index (χ3n) is 5.25. The Morgan fingerprint density at radius 1 is 1.18 bits per heavy atom. The highest BCUT2D eigenvalue weighted by Crippen LogP contribution is 2.17. The molecule has 176 valence electrons. The van der Waals surface area contributed by atoms with Crippen molar-refractivity contribution in [1.29, 1.82) is 0 Å². The number of nitrogens with zero attached hydrogens (tertiary/aromatic N) is 3. The van der Waals surface area contributed by atoms with Crippen LogP contribution in [0.15, 0.2) is 70.8 Å². The molecule has 1 aromatic carbocycles. The lowest BCUT2D eigenvalue weighted by atomic mass is 10.1. The van der Waals surface area contributed by atoms with Crippen LogP contribution in [-0.4, -0.2) is 32.8 Å². The van der Waals surface area contributed by atoms with Gasteiger partial charge in [-0.15, -0.1) is 11.3 Å². The lowest BCUT2D eigenvalue weighted by Gasteiger charge is -2.23. The zero-order chi connectivity index (χ0) is 23.9. The van der Waals surface area contributed by atoms with Gasteiger partial charge in [-0.2, -0.15) is 0 Å². The van der Waals surface area contributed by atoms with Gasteiger partial charge in [0.15, 0.2) is 0 Å². The zero-order valence-corrected chi connectivity index (χ0v) is 19.6. The average molecular weight is 481 g/mol. The normalized spacial score (nSPS) is 10.9. The molecule has 0 atom stereocenters.